The lowest BCUT2D eigenvalue weighted by molar-refractivity contribution is -0.139. The zero-order valence-corrected chi connectivity index (χ0v) is 38.7. The number of aromatic carboxylic acids is 1. The fourth-order valence-corrected chi connectivity index (χ4v) is 10.1. The highest BCUT2D eigenvalue weighted by Crippen LogP contribution is 2.51. The quantitative estimate of drug-likeness (QED) is 0.0703. The molecule has 4 aromatic carbocycles. The highest BCUT2D eigenvalue weighted by molar-refractivity contribution is 6.04. The van der Waals surface area contributed by atoms with Crippen molar-refractivity contribution in [1.82, 2.24) is 10.6 Å². The Morgan fingerprint density at radius 2 is 0.986 bits per heavy atom. The summed E-state index contributed by atoms with van der Waals surface area (Å²) in [5, 5.41) is 14.6. The molecule has 2 spiro atoms. The molecule has 0 radical (unpaired) electrons. The number of nitrogens with one attached hydrogen (secondary N) is 2. The number of ether oxygens (including phenoxy) is 3. The van der Waals surface area contributed by atoms with Crippen LogP contribution in [0.1, 0.15) is 105 Å². The van der Waals surface area contributed by atoms with E-state index in [1.165, 1.54) is 9.80 Å². The monoisotopic (exact) mass is 994 g/mol. The van der Waals surface area contributed by atoms with Crippen LogP contribution in [0.5, 0.6) is 0 Å². The second-order valence-corrected chi connectivity index (χ2v) is 18.1. The second-order valence-electron chi connectivity index (χ2n) is 18.1. The van der Waals surface area contributed by atoms with Crippen LogP contribution in [0.25, 0.3) is 0 Å². The normalized spacial score (nSPS) is 16.7. The Balaban J connectivity index is 0.000000209. The van der Waals surface area contributed by atoms with Crippen molar-refractivity contribution in [2.24, 2.45) is 10.8 Å². The molecule has 2 fully saturated rings. The van der Waals surface area contributed by atoms with Crippen molar-refractivity contribution in [3.8, 4) is 0 Å². The van der Waals surface area contributed by atoms with E-state index in [-0.39, 0.29) is 81.0 Å². The summed E-state index contributed by atoms with van der Waals surface area (Å²) < 4.78 is 97.1. The van der Waals surface area contributed by atoms with Crippen molar-refractivity contribution < 1.29 is 74.4 Å². The number of alkyl halides is 6. The number of fused-ring (bicyclic) bond motifs is 2. The topological polar surface area (TPSA) is 181 Å². The molecule has 2 heterocycles. The number of rotatable bonds is 12. The number of esters is 1. The first-order chi connectivity index (χ1) is 33.7. The number of carboxylic acid groups (broad SMARTS) is 1. The number of methoxy groups -OCH3 is 1. The van der Waals surface area contributed by atoms with Gasteiger partial charge in [-0.15, -0.1) is 0 Å². The molecule has 0 atom stereocenters. The lowest BCUT2D eigenvalue weighted by atomic mass is 9.74. The molecule has 2 aliphatic heterocycles. The van der Waals surface area contributed by atoms with Crippen LogP contribution in [0.3, 0.4) is 0 Å². The number of anilines is 2. The van der Waals surface area contributed by atoms with Gasteiger partial charge >= 0.3 is 36.5 Å². The van der Waals surface area contributed by atoms with Crippen LogP contribution >= 0.6 is 0 Å². The highest BCUT2D eigenvalue weighted by atomic mass is 19.4. The molecule has 0 aromatic heterocycles. The molecule has 0 saturated heterocycles. The number of amides is 4. The van der Waals surface area contributed by atoms with E-state index in [0.29, 0.717) is 31.2 Å². The van der Waals surface area contributed by atoms with E-state index < -0.39 is 69.6 Å². The smallest absolute Gasteiger partial charge is 0.417 e. The standard InChI is InChI=1S/C26H27F3N2O5.C25H25F3N2O5/c1-35-22(32)19-14-21-18(13-20(19)26(27,28)29)15-25(9-5-6-10-25)23(33)31(21)12-11-30-24(34)36-16-17-7-3-2-4-8-17;26-25(27,28)19-12-17-14-24(8-4-5-9-24)22(33)30(20(17)13-18(19)21(31)32)11-10-29-23(34)35-15-16-6-2-1-3-7-16/h2-4,7-8,13-14H,5-6,9-12,15-16H2,1H3,(H,30,34);1-3,6-7,12-13H,4-5,8-11,14-15H2,(H,29,34)(H,31,32). The number of carbonyl (C=O) groups excluding carboxylic acids is 5. The van der Waals surface area contributed by atoms with E-state index in [4.69, 9.17) is 9.47 Å². The summed E-state index contributed by atoms with van der Waals surface area (Å²) in [7, 11) is 1.00. The van der Waals surface area contributed by atoms with Crippen LogP contribution in [-0.4, -0.2) is 74.3 Å². The minimum atomic E-state index is -4.85. The summed E-state index contributed by atoms with van der Waals surface area (Å²) in [6.07, 6.45) is -5.22. The maximum atomic E-state index is 13.8. The molecule has 71 heavy (non-hydrogen) atoms. The Labute approximate surface area is 404 Å². The predicted molar refractivity (Wildman–Crippen MR) is 244 cm³/mol. The lowest BCUT2D eigenvalue weighted by Gasteiger charge is -2.41. The SMILES string of the molecule is COC(=O)c1cc2c(cc1C(F)(F)F)CC1(CCCC1)C(=O)N2CCNC(=O)OCc1ccccc1.O=C(NCCN1C(=O)C2(CCCC2)Cc2cc(C(F)(F)F)c(C(=O)O)cc21)OCc1ccccc1. The molecule has 2 aliphatic carbocycles. The van der Waals surface area contributed by atoms with Crippen LogP contribution in [-0.2, 0) is 62.2 Å². The Hall–Kier alpha value is -7.12. The van der Waals surface area contributed by atoms with Gasteiger partial charge in [-0.3, -0.25) is 9.59 Å². The molecule has 4 amide bonds. The second kappa shape index (κ2) is 21.5. The highest BCUT2D eigenvalue weighted by Gasteiger charge is 2.51. The van der Waals surface area contributed by atoms with Gasteiger partial charge in [0.25, 0.3) is 0 Å². The van der Waals surface area contributed by atoms with Crippen LogP contribution < -0.4 is 20.4 Å². The number of nitrogens with zero attached hydrogens (tertiary/aromatic N) is 2. The van der Waals surface area contributed by atoms with E-state index in [1.54, 1.807) is 12.1 Å². The van der Waals surface area contributed by atoms with Gasteiger partial charge in [0.2, 0.25) is 11.8 Å². The number of hydrogen-bond acceptors (Lipinski definition) is 9. The van der Waals surface area contributed by atoms with Gasteiger partial charge in [0, 0.05) is 37.6 Å². The summed E-state index contributed by atoms with van der Waals surface area (Å²) >= 11 is 0. The number of carbonyl (C=O) groups is 6. The minimum absolute atomic E-state index is 0.0139. The van der Waals surface area contributed by atoms with Crippen LogP contribution in [0.4, 0.5) is 47.3 Å². The molecule has 378 valence electrons. The first-order valence-corrected chi connectivity index (χ1v) is 23.1. The minimum Gasteiger partial charge on any atom is -0.478 e. The van der Waals surface area contributed by atoms with Crippen molar-refractivity contribution in [3.05, 3.63) is 129 Å². The third kappa shape index (κ3) is 11.7. The molecule has 0 bridgehead atoms. The molecule has 4 aromatic rings. The van der Waals surface area contributed by atoms with Crippen LogP contribution in [0.15, 0.2) is 84.9 Å². The van der Waals surface area contributed by atoms with E-state index >= 15 is 0 Å². The number of halogens is 6. The summed E-state index contributed by atoms with van der Waals surface area (Å²) in [5.41, 5.74) is -2.86. The maximum Gasteiger partial charge on any atom is 0.417 e. The van der Waals surface area contributed by atoms with Gasteiger partial charge in [0.05, 0.1) is 40.2 Å². The van der Waals surface area contributed by atoms with Crippen LogP contribution in [0, 0.1) is 10.8 Å². The molecule has 8 rings (SSSR count). The van der Waals surface area contributed by atoms with Crippen molar-refractivity contribution in [2.75, 3.05) is 43.1 Å². The fourth-order valence-electron chi connectivity index (χ4n) is 10.1. The molecule has 4 aliphatic rings. The van der Waals surface area contributed by atoms with E-state index in [9.17, 15) is 60.2 Å². The van der Waals surface area contributed by atoms with Crippen molar-refractivity contribution in [1.29, 1.82) is 0 Å². The molecule has 3 N–H and O–H groups in total. The molecular weight excluding hydrogens is 943 g/mol. The number of hydrogen-bond donors (Lipinski definition) is 3. The van der Waals surface area contributed by atoms with Crippen molar-refractivity contribution >= 4 is 47.3 Å². The average molecular weight is 995 g/mol. The molecular formula is C51H52F6N4O10. The van der Waals surface area contributed by atoms with Gasteiger partial charge in [-0.2, -0.15) is 26.3 Å². The number of carboxylic acids is 1. The van der Waals surface area contributed by atoms with E-state index in [2.05, 4.69) is 15.4 Å². The third-order valence-corrected chi connectivity index (χ3v) is 13.5. The Bertz CT molecular complexity index is 2630. The zero-order valence-electron chi connectivity index (χ0n) is 38.7. The molecule has 2 saturated carbocycles. The number of alkyl carbamates (subject to hydrolysis) is 2. The Morgan fingerprint density at radius 1 is 0.606 bits per heavy atom. The lowest BCUT2D eigenvalue weighted by Crippen LogP contribution is -2.50. The largest absolute Gasteiger partial charge is 0.478 e. The van der Waals surface area contributed by atoms with Crippen molar-refractivity contribution in [2.45, 2.75) is 89.8 Å². The molecule has 0 unspecified atom stereocenters. The van der Waals surface area contributed by atoms with Gasteiger partial charge in [-0.25, -0.2) is 19.2 Å². The molecule has 20 heteroatoms. The van der Waals surface area contributed by atoms with E-state index in [1.807, 2.05) is 48.5 Å². The first kappa shape index (κ1) is 51.7. The summed E-state index contributed by atoms with van der Waals surface area (Å²) in [6, 6.07) is 22.0. The van der Waals surface area contributed by atoms with Gasteiger partial charge in [-0.1, -0.05) is 86.3 Å². The van der Waals surface area contributed by atoms with Crippen LogP contribution in [0.2, 0.25) is 0 Å². The summed E-state index contributed by atoms with van der Waals surface area (Å²) in [4.78, 5) is 77.8. The van der Waals surface area contributed by atoms with Gasteiger partial charge in [-0.05, 0) is 85.0 Å². The third-order valence-electron chi connectivity index (χ3n) is 13.5. The maximum absolute atomic E-state index is 13.8. The Morgan fingerprint density at radius 3 is 1.35 bits per heavy atom. The molecule has 14 nitrogen and oxygen atoms in total. The van der Waals surface area contributed by atoms with Gasteiger partial charge in [0.15, 0.2) is 0 Å². The van der Waals surface area contributed by atoms with E-state index in [0.717, 1.165) is 68.2 Å². The predicted octanol–water partition coefficient (Wildman–Crippen LogP) is 9.65. The summed E-state index contributed by atoms with van der Waals surface area (Å²) in [5.74, 6) is -3.32. The zero-order chi connectivity index (χ0) is 51.1. The van der Waals surface area contributed by atoms with Gasteiger partial charge < -0.3 is 39.8 Å². The number of benzene rings is 4. The summed E-state index contributed by atoms with van der Waals surface area (Å²) in [6.45, 7) is 0.119. The average Bonchev–Trinajstić information content (AvgIpc) is 4.03. The van der Waals surface area contributed by atoms with Gasteiger partial charge in [0.1, 0.15) is 13.2 Å². The first-order valence-electron chi connectivity index (χ1n) is 23.1. The van der Waals surface area contributed by atoms with Crippen molar-refractivity contribution in [3.63, 3.8) is 0 Å². The Kier molecular flexibility index (Phi) is 15.6. The fraction of sp³-hybridized carbons (Fsp3) is 0.412.